The lowest BCUT2D eigenvalue weighted by atomic mass is 10.2. The van der Waals surface area contributed by atoms with Crippen molar-refractivity contribution >= 4 is 34.7 Å². The Kier molecular flexibility index (Phi) is 6.07. The molecule has 4 rings (SSSR count). The first-order valence-corrected chi connectivity index (χ1v) is 10.1. The highest BCUT2D eigenvalue weighted by molar-refractivity contribution is 6.04. The number of hydrogen-bond acceptors (Lipinski definition) is 5. The summed E-state index contributed by atoms with van der Waals surface area (Å²) in [6, 6.07) is 22.6. The van der Waals surface area contributed by atoms with Crippen molar-refractivity contribution in [2.45, 2.75) is 13.8 Å². The smallest absolute Gasteiger partial charge is 0.255 e. The van der Waals surface area contributed by atoms with Gasteiger partial charge in [-0.2, -0.15) is 4.98 Å². The maximum atomic E-state index is 13.3. The Hall–Kier alpha value is -4.26. The molecular formula is C25H22FN5O. The van der Waals surface area contributed by atoms with Crippen molar-refractivity contribution in [3.05, 3.63) is 102 Å². The Balaban J connectivity index is 1.43. The Bertz CT molecular complexity index is 1240. The molecular weight excluding hydrogens is 405 g/mol. The fourth-order valence-electron chi connectivity index (χ4n) is 3.07. The van der Waals surface area contributed by atoms with E-state index in [9.17, 15) is 9.18 Å². The van der Waals surface area contributed by atoms with E-state index >= 15 is 0 Å². The van der Waals surface area contributed by atoms with Crippen molar-refractivity contribution in [1.29, 1.82) is 0 Å². The van der Waals surface area contributed by atoms with Gasteiger partial charge in [0.15, 0.2) is 0 Å². The van der Waals surface area contributed by atoms with Gasteiger partial charge in [-0.05, 0) is 68.4 Å². The summed E-state index contributed by atoms with van der Waals surface area (Å²) >= 11 is 0. The van der Waals surface area contributed by atoms with Crippen molar-refractivity contribution in [3.8, 4) is 0 Å². The predicted octanol–water partition coefficient (Wildman–Crippen LogP) is 5.97. The Labute approximate surface area is 185 Å². The number of nitrogens with zero attached hydrogens (tertiary/aromatic N) is 2. The number of halogens is 1. The number of nitrogens with one attached hydrogen (secondary N) is 3. The van der Waals surface area contributed by atoms with Crippen LogP contribution < -0.4 is 16.0 Å². The number of aromatic nitrogens is 2. The summed E-state index contributed by atoms with van der Waals surface area (Å²) in [5, 5.41) is 9.22. The molecule has 0 fully saturated rings. The average molecular weight is 427 g/mol. The summed E-state index contributed by atoms with van der Waals surface area (Å²) < 4.78 is 13.3. The molecule has 160 valence electrons. The molecule has 3 N–H and O–H groups in total. The lowest BCUT2D eigenvalue weighted by molar-refractivity contribution is 0.102. The number of aryl methyl sites for hydroxylation is 2. The van der Waals surface area contributed by atoms with Crippen LogP contribution in [-0.4, -0.2) is 15.9 Å². The van der Waals surface area contributed by atoms with E-state index in [1.807, 2.05) is 56.3 Å². The third kappa shape index (κ3) is 5.46. The summed E-state index contributed by atoms with van der Waals surface area (Å²) in [5.74, 6) is 0.316. The van der Waals surface area contributed by atoms with Crippen LogP contribution >= 0.6 is 0 Å². The van der Waals surface area contributed by atoms with E-state index in [4.69, 9.17) is 0 Å². The van der Waals surface area contributed by atoms with Crippen molar-refractivity contribution in [1.82, 2.24) is 9.97 Å². The molecule has 7 heteroatoms. The molecule has 0 radical (unpaired) electrons. The van der Waals surface area contributed by atoms with Gasteiger partial charge in [0, 0.05) is 34.4 Å². The van der Waals surface area contributed by atoms with Gasteiger partial charge in [0.1, 0.15) is 11.6 Å². The molecule has 0 aliphatic heterocycles. The van der Waals surface area contributed by atoms with Crippen LogP contribution in [-0.2, 0) is 0 Å². The van der Waals surface area contributed by atoms with Gasteiger partial charge < -0.3 is 16.0 Å². The van der Waals surface area contributed by atoms with Crippen LogP contribution in [0.2, 0.25) is 0 Å². The van der Waals surface area contributed by atoms with E-state index in [0.717, 1.165) is 17.1 Å². The Morgan fingerprint density at radius 1 is 0.781 bits per heavy atom. The molecule has 0 saturated heterocycles. The topological polar surface area (TPSA) is 78.9 Å². The molecule has 0 spiro atoms. The molecule has 0 atom stereocenters. The van der Waals surface area contributed by atoms with E-state index in [1.54, 1.807) is 18.2 Å². The summed E-state index contributed by atoms with van der Waals surface area (Å²) in [5.41, 5.74) is 4.57. The first-order valence-electron chi connectivity index (χ1n) is 10.1. The monoisotopic (exact) mass is 427 g/mol. The second-order valence-electron chi connectivity index (χ2n) is 7.38. The van der Waals surface area contributed by atoms with Crippen LogP contribution in [0.15, 0.2) is 78.9 Å². The van der Waals surface area contributed by atoms with Crippen molar-refractivity contribution in [3.63, 3.8) is 0 Å². The summed E-state index contributed by atoms with van der Waals surface area (Å²) in [6.45, 7) is 3.94. The van der Waals surface area contributed by atoms with Crippen molar-refractivity contribution in [2.75, 3.05) is 16.0 Å². The molecule has 1 amide bonds. The SMILES string of the molecule is Cc1ccc(Nc2nc(C)cc(Nc3ccc(NC(=O)c4cccc(F)c4)cc3)n2)cc1. The number of rotatable bonds is 6. The Morgan fingerprint density at radius 3 is 2.16 bits per heavy atom. The van der Waals surface area contributed by atoms with Gasteiger partial charge in [-0.25, -0.2) is 9.37 Å². The number of anilines is 5. The number of carbonyl (C=O) groups excluding carboxylic acids is 1. The van der Waals surface area contributed by atoms with Gasteiger partial charge in [-0.1, -0.05) is 23.8 Å². The maximum Gasteiger partial charge on any atom is 0.255 e. The van der Waals surface area contributed by atoms with E-state index in [2.05, 4.69) is 25.9 Å². The van der Waals surface area contributed by atoms with Gasteiger partial charge >= 0.3 is 0 Å². The van der Waals surface area contributed by atoms with Gasteiger partial charge in [0.2, 0.25) is 5.95 Å². The largest absolute Gasteiger partial charge is 0.340 e. The van der Waals surface area contributed by atoms with Gasteiger partial charge in [-0.3, -0.25) is 4.79 Å². The number of amides is 1. The fourth-order valence-corrected chi connectivity index (χ4v) is 3.07. The minimum absolute atomic E-state index is 0.261. The lowest BCUT2D eigenvalue weighted by Gasteiger charge is -2.11. The normalized spacial score (nSPS) is 10.5. The first-order chi connectivity index (χ1) is 15.4. The zero-order valence-electron chi connectivity index (χ0n) is 17.7. The van der Waals surface area contributed by atoms with E-state index in [1.165, 1.54) is 23.8 Å². The van der Waals surface area contributed by atoms with Gasteiger partial charge in [-0.15, -0.1) is 0 Å². The molecule has 0 saturated carbocycles. The molecule has 0 bridgehead atoms. The zero-order valence-corrected chi connectivity index (χ0v) is 17.7. The molecule has 0 unspecified atom stereocenters. The Morgan fingerprint density at radius 2 is 1.44 bits per heavy atom. The second kappa shape index (κ2) is 9.26. The van der Waals surface area contributed by atoms with Crippen molar-refractivity contribution < 1.29 is 9.18 Å². The molecule has 3 aromatic carbocycles. The predicted molar refractivity (Wildman–Crippen MR) is 125 cm³/mol. The van der Waals surface area contributed by atoms with E-state index < -0.39 is 5.82 Å². The second-order valence-corrected chi connectivity index (χ2v) is 7.38. The minimum Gasteiger partial charge on any atom is -0.340 e. The quantitative estimate of drug-likeness (QED) is 0.353. The first kappa shape index (κ1) is 21.0. The number of hydrogen-bond donors (Lipinski definition) is 3. The molecule has 0 aliphatic carbocycles. The third-order valence-corrected chi connectivity index (χ3v) is 4.66. The van der Waals surface area contributed by atoms with E-state index in [0.29, 0.717) is 17.5 Å². The standard InChI is InChI=1S/C25H22FN5O/c1-16-6-8-22(9-7-16)30-25-27-17(2)14-23(31-25)28-20-10-12-21(13-11-20)29-24(32)18-4-3-5-19(26)15-18/h3-15H,1-2H3,(H,29,32)(H2,27,28,30,31). The molecule has 1 aromatic heterocycles. The van der Waals surface area contributed by atoms with Crippen molar-refractivity contribution in [2.24, 2.45) is 0 Å². The number of carbonyl (C=O) groups is 1. The molecule has 1 heterocycles. The molecule has 32 heavy (non-hydrogen) atoms. The average Bonchev–Trinajstić information content (AvgIpc) is 2.76. The zero-order chi connectivity index (χ0) is 22.5. The van der Waals surface area contributed by atoms with Gasteiger partial charge in [0.25, 0.3) is 5.91 Å². The van der Waals surface area contributed by atoms with E-state index in [-0.39, 0.29) is 11.5 Å². The fraction of sp³-hybridized carbons (Fsp3) is 0.0800. The minimum atomic E-state index is -0.450. The summed E-state index contributed by atoms with van der Waals surface area (Å²) in [7, 11) is 0. The van der Waals surface area contributed by atoms with Crippen LogP contribution in [0.25, 0.3) is 0 Å². The van der Waals surface area contributed by atoms with Crippen LogP contribution in [0.4, 0.5) is 33.2 Å². The third-order valence-electron chi connectivity index (χ3n) is 4.66. The highest BCUT2D eigenvalue weighted by Gasteiger charge is 2.08. The molecule has 0 aliphatic rings. The highest BCUT2D eigenvalue weighted by atomic mass is 19.1. The summed E-state index contributed by atoms with van der Waals surface area (Å²) in [6.07, 6.45) is 0. The van der Waals surface area contributed by atoms with Crippen LogP contribution in [0.5, 0.6) is 0 Å². The molecule has 6 nitrogen and oxygen atoms in total. The maximum absolute atomic E-state index is 13.3. The lowest BCUT2D eigenvalue weighted by Crippen LogP contribution is -2.12. The highest BCUT2D eigenvalue weighted by Crippen LogP contribution is 2.21. The molecule has 4 aromatic rings. The van der Waals surface area contributed by atoms with Gasteiger partial charge in [0.05, 0.1) is 0 Å². The van der Waals surface area contributed by atoms with Crippen LogP contribution in [0.1, 0.15) is 21.6 Å². The van der Waals surface area contributed by atoms with Crippen LogP contribution in [0, 0.1) is 19.7 Å². The summed E-state index contributed by atoms with van der Waals surface area (Å²) in [4.78, 5) is 21.2. The van der Waals surface area contributed by atoms with Crippen LogP contribution in [0.3, 0.4) is 0 Å². The number of benzene rings is 3.